The first-order valence-electron chi connectivity index (χ1n) is 12.4. The molecule has 1 aliphatic carbocycles. The lowest BCUT2D eigenvalue weighted by atomic mass is 9.98. The van der Waals surface area contributed by atoms with Crippen molar-refractivity contribution in [1.29, 1.82) is 0 Å². The molecular formula is C28H36N2O5. The van der Waals surface area contributed by atoms with Crippen LogP contribution in [0.5, 0.6) is 0 Å². The lowest BCUT2D eigenvalue weighted by molar-refractivity contribution is -0.137. The first-order valence-corrected chi connectivity index (χ1v) is 12.4. The largest absolute Gasteiger partial charge is 0.481 e. The lowest BCUT2D eigenvalue weighted by Crippen LogP contribution is -2.43. The van der Waals surface area contributed by atoms with E-state index in [9.17, 15) is 14.4 Å². The third-order valence-electron chi connectivity index (χ3n) is 6.39. The highest BCUT2D eigenvalue weighted by molar-refractivity contribution is 5.79. The summed E-state index contributed by atoms with van der Waals surface area (Å²) in [6.45, 7) is 4.51. The molecule has 0 heterocycles. The van der Waals surface area contributed by atoms with Crippen molar-refractivity contribution in [1.82, 2.24) is 10.6 Å². The predicted octanol–water partition coefficient (Wildman–Crippen LogP) is 5.24. The third-order valence-corrected chi connectivity index (χ3v) is 6.39. The summed E-state index contributed by atoms with van der Waals surface area (Å²) in [6.07, 6.45) is 3.79. The van der Waals surface area contributed by atoms with Crippen molar-refractivity contribution >= 4 is 18.0 Å². The Hall–Kier alpha value is -3.35. The van der Waals surface area contributed by atoms with Gasteiger partial charge in [-0.1, -0.05) is 61.4 Å². The molecule has 0 unspecified atom stereocenters. The molecule has 0 saturated carbocycles. The summed E-state index contributed by atoms with van der Waals surface area (Å²) in [7, 11) is 0. The maximum atomic E-state index is 12.2. The van der Waals surface area contributed by atoms with Crippen molar-refractivity contribution in [3.05, 3.63) is 59.7 Å². The summed E-state index contributed by atoms with van der Waals surface area (Å²) < 4.78 is 5.54. The standard InChI is InChI=1S/C28H36N2O5/c1-28(2,17-16-26(32)33)30-25(31)15-5-3-4-10-18-29-27(34)35-19-24-22-13-8-6-11-20(22)21-12-7-9-14-23(21)24/h6-9,11-14,24H,3-5,10,15-19H2,1-2H3,(H,29,34)(H,30,31)(H,32,33). The number of fused-ring (bicyclic) bond motifs is 3. The van der Waals surface area contributed by atoms with Gasteiger partial charge >= 0.3 is 12.1 Å². The molecule has 0 atom stereocenters. The molecule has 188 valence electrons. The number of carboxylic acid groups (broad SMARTS) is 1. The number of amides is 2. The molecule has 7 heteroatoms. The maximum Gasteiger partial charge on any atom is 0.407 e. The molecule has 0 spiro atoms. The summed E-state index contributed by atoms with van der Waals surface area (Å²) in [4.78, 5) is 35.0. The lowest BCUT2D eigenvalue weighted by Gasteiger charge is -2.25. The number of unbranched alkanes of at least 4 members (excludes halogenated alkanes) is 3. The fraction of sp³-hybridized carbons (Fsp3) is 0.464. The minimum atomic E-state index is -0.862. The third kappa shape index (κ3) is 7.84. The molecule has 0 aliphatic heterocycles. The van der Waals surface area contributed by atoms with E-state index in [1.807, 2.05) is 38.1 Å². The van der Waals surface area contributed by atoms with Crippen LogP contribution in [0.25, 0.3) is 11.1 Å². The number of aliphatic carboxylic acids is 1. The molecule has 3 rings (SSSR count). The van der Waals surface area contributed by atoms with E-state index in [0.717, 1.165) is 25.7 Å². The molecule has 2 amide bonds. The van der Waals surface area contributed by atoms with Crippen LogP contribution in [0, 0.1) is 0 Å². The molecular weight excluding hydrogens is 444 g/mol. The summed E-state index contributed by atoms with van der Waals surface area (Å²) >= 11 is 0. The smallest absolute Gasteiger partial charge is 0.407 e. The van der Waals surface area contributed by atoms with Crippen LogP contribution in [0.3, 0.4) is 0 Å². The zero-order chi connectivity index (χ0) is 25.3. The van der Waals surface area contributed by atoms with Gasteiger partial charge in [-0.2, -0.15) is 0 Å². The van der Waals surface area contributed by atoms with Gasteiger partial charge in [0.2, 0.25) is 5.91 Å². The second-order valence-corrected chi connectivity index (χ2v) is 9.74. The Morgan fingerprint density at radius 1 is 0.886 bits per heavy atom. The summed E-state index contributed by atoms with van der Waals surface area (Å²) in [5, 5.41) is 14.5. The van der Waals surface area contributed by atoms with Gasteiger partial charge in [-0.25, -0.2) is 4.79 Å². The fourth-order valence-corrected chi connectivity index (χ4v) is 4.53. The van der Waals surface area contributed by atoms with Crippen molar-refractivity contribution in [2.24, 2.45) is 0 Å². The van der Waals surface area contributed by atoms with Crippen molar-refractivity contribution in [3.63, 3.8) is 0 Å². The van der Waals surface area contributed by atoms with Gasteiger partial charge in [0.1, 0.15) is 6.61 Å². The first-order chi connectivity index (χ1) is 16.8. The Labute approximate surface area is 207 Å². The molecule has 2 aromatic carbocycles. The van der Waals surface area contributed by atoms with Crippen LogP contribution in [0.4, 0.5) is 4.79 Å². The molecule has 2 aromatic rings. The Morgan fingerprint density at radius 2 is 1.49 bits per heavy atom. The number of carbonyl (C=O) groups excluding carboxylic acids is 2. The van der Waals surface area contributed by atoms with Crippen molar-refractivity contribution in [2.75, 3.05) is 13.2 Å². The Morgan fingerprint density at radius 3 is 2.11 bits per heavy atom. The first kappa shape index (κ1) is 26.3. The van der Waals surface area contributed by atoms with E-state index in [0.29, 0.717) is 26.0 Å². The molecule has 3 N–H and O–H groups in total. The van der Waals surface area contributed by atoms with Gasteiger partial charge in [0.25, 0.3) is 0 Å². The minimum Gasteiger partial charge on any atom is -0.481 e. The quantitative estimate of drug-likeness (QED) is 0.340. The molecule has 0 fully saturated rings. The number of hydrogen-bond acceptors (Lipinski definition) is 4. The van der Waals surface area contributed by atoms with Crippen LogP contribution in [0.1, 0.15) is 75.8 Å². The van der Waals surface area contributed by atoms with E-state index in [4.69, 9.17) is 9.84 Å². The van der Waals surface area contributed by atoms with Gasteiger partial charge in [0.05, 0.1) is 0 Å². The van der Waals surface area contributed by atoms with Gasteiger partial charge in [-0.15, -0.1) is 0 Å². The van der Waals surface area contributed by atoms with E-state index < -0.39 is 17.6 Å². The average molecular weight is 481 g/mol. The maximum absolute atomic E-state index is 12.2. The van der Waals surface area contributed by atoms with Gasteiger partial charge in [-0.05, 0) is 55.4 Å². The van der Waals surface area contributed by atoms with Crippen molar-refractivity contribution < 1.29 is 24.2 Å². The number of alkyl carbamates (subject to hydrolysis) is 1. The Bertz CT molecular complexity index is 988. The Kier molecular flexibility index (Phi) is 9.29. The summed E-state index contributed by atoms with van der Waals surface area (Å²) in [5.74, 6) is -0.871. The highest BCUT2D eigenvalue weighted by atomic mass is 16.5. The molecule has 35 heavy (non-hydrogen) atoms. The molecule has 0 radical (unpaired) electrons. The van der Waals surface area contributed by atoms with Gasteiger partial charge in [-0.3, -0.25) is 9.59 Å². The van der Waals surface area contributed by atoms with E-state index in [1.165, 1.54) is 22.3 Å². The molecule has 1 aliphatic rings. The number of hydrogen-bond donors (Lipinski definition) is 3. The second kappa shape index (κ2) is 12.4. The number of carbonyl (C=O) groups is 3. The van der Waals surface area contributed by atoms with Crippen LogP contribution in [-0.2, 0) is 14.3 Å². The minimum absolute atomic E-state index is 0.0317. The van der Waals surface area contributed by atoms with Crippen LogP contribution in [0.15, 0.2) is 48.5 Å². The summed E-state index contributed by atoms with van der Waals surface area (Å²) in [6, 6.07) is 16.5. The predicted molar refractivity (Wildman–Crippen MR) is 135 cm³/mol. The number of carboxylic acids is 1. The van der Waals surface area contributed by atoms with Crippen molar-refractivity contribution in [3.8, 4) is 11.1 Å². The zero-order valence-corrected chi connectivity index (χ0v) is 20.6. The van der Waals surface area contributed by atoms with E-state index >= 15 is 0 Å². The fourth-order valence-electron chi connectivity index (χ4n) is 4.53. The summed E-state index contributed by atoms with van der Waals surface area (Å²) in [5.41, 5.74) is 4.26. The molecule has 0 bridgehead atoms. The van der Waals surface area contributed by atoms with Gasteiger partial charge < -0.3 is 20.5 Å². The zero-order valence-electron chi connectivity index (χ0n) is 20.6. The van der Waals surface area contributed by atoms with Crippen LogP contribution >= 0.6 is 0 Å². The van der Waals surface area contributed by atoms with Gasteiger partial charge in [0.15, 0.2) is 0 Å². The van der Waals surface area contributed by atoms with Crippen LogP contribution < -0.4 is 10.6 Å². The van der Waals surface area contributed by atoms with Crippen LogP contribution in [-0.4, -0.2) is 41.8 Å². The highest BCUT2D eigenvalue weighted by Crippen LogP contribution is 2.44. The van der Waals surface area contributed by atoms with E-state index in [2.05, 4.69) is 34.9 Å². The van der Waals surface area contributed by atoms with E-state index in [1.54, 1.807) is 0 Å². The number of rotatable bonds is 13. The second-order valence-electron chi connectivity index (χ2n) is 9.74. The number of benzene rings is 2. The van der Waals surface area contributed by atoms with E-state index in [-0.39, 0.29) is 18.2 Å². The molecule has 7 nitrogen and oxygen atoms in total. The topological polar surface area (TPSA) is 105 Å². The molecule has 0 saturated heterocycles. The number of nitrogens with one attached hydrogen (secondary N) is 2. The van der Waals surface area contributed by atoms with Crippen LogP contribution in [0.2, 0.25) is 0 Å². The Balaban J connectivity index is 1.28. The average Bonchev–Trinajstić information content (AvgIpc) is 3.14. The normalized spacial score (nSPS) is 12.5. The monoisotopic (exact) mass is 480 g/mol. The van der Waals surface area contributed by atoms with Gasteiger partial charge in [0, 0.05) is 30.8 Å². The van der Waals surface area contributed by atoms with Crippen molar-refractivity contribution in [2.45, 2.75) is 70.3 Å². The number of ether oxygens (including phenoxy) is 1. The highest BCUT2D eigenvalue weighted by Gasteiger charge is 2.29. The molecule has 0 aromatic heterocycles. The SMILES string of the molecule is CC(C)(CCC(=O)O)NC(=O)CCCCCCNC(=O)OCC1c2ccccc2-c2ccccc21.